The Hall–Kier alpha value is -1.47. The molecule has 1 saturated heterocycles. The van der Waals surface area contributed by atoms with Gasteiger partial charge in [0.1, 0.15) is 10.5 Å². The van der Waals surface area contributed by atoms with E-state index in [9.17, 15) is 9.59 Å². The molecule has 3 amide bonds. The average Bonchev–Trinajstić information content (AvgIpc) is 2.98. The molecule has 1 saturated carbocycles. The number of aromatic nitrogens is 1. The number of urea groups is 1. The molecule has 2 aliphatic rings. The molecule has 2 fully saturated rings. The zero-order chi connectivity index (χ0) is 15.0. The Morgan fingerprint density at radius 3 is 3.00 bits per heavy atom. The normalized spacial score (nSPS) is 29.2. The van der Waals surface area contributed by atoms with Crippen molar-refractivity contribution >= 4 is 23.3 Å². The molecule has 1 spiro atoms. The first-order chi connectivity index (χ1) is 10.1. The lowest BCUT2D eigenvalue weighted by Gasteiger charge is -2.38. The van der Waals surface area contributed by atoms with E-state index in [0.717, 1.165) is 30.0 Å². The summed E-state index contributed by atoms with van der Waals surface area (Å²) in [5, 5.41) is 5.64. The second-order valence-corrected chi connectivity index (χ2v) is 6.80. The van der Waals surface area contributed by atoms with Crippen molar-refractivity contribution < 1.29 is 9.59 Å². The highest BCUT2D eigenvalue weighted by Crippen LogP contribution is 2.38. The molecule has 114 valence electrons. The van der Waals surface area contributed by atoms with Crippen LogP contribution in [0.25, 0.3) is 0 Å². The lowest BCUT2D eigenvalue weighted by atomic mass is 9.72. The standard InChI is InChI=1S/C14H20N4O2S/c1-9-8-21-11(16-9)7-18-12(19)14(17-13(18)20)5-3-2-4-10(14)6-15/h8,10H,2-7,15H2,1H3,(H,17,20). The number of hydrogen-bond donors (Lipinski definition) is 2. The van der Waals surface area contributed by atoms with Crippen LogP contribution >= 0.6 is 11.3 Å². The van der Waals surface area contributed by atoms with Crippen molar-refractivity contribution in [2.24, 2.45) is 11.7 Å². The summed E-state index contributed by atoms with van der Waals surface area (Å²) in [5.41, 5.74) is 5.96. The van der Waals surface area contributed by atoms with Crippen LogP contribution in [0, 0.1) is 12.8 Å². The van der Waals surface area contributed by atoms with E-state index in [1.54, 1.807) is 0 Å². The number of nitrogens with one attached hydrogen (secondary N) is 1. The monoisotopic (exact) mass is 308 g/mol. The van der Waals surface area contributed by atoms with Crippen LogP contribution in [0.5, 0.6) is 0 Å². The van der Waals surface area contributed by atoms with Crippen LogP contribution in [-0.4, -0.2) is 33.9 Å². The molecule has 2 atom stereocenters. The van der Waals surface area contributed by atoms with E-state index in [1.165, 1.54) is 16.2 Å². The number of amides is 3. The lowest BCUT2D eigenvalue weighted by molar-refractivity contribution is -0.134. The first kappa shape index (κ1) is 14.5. The van der Waals surface area contributed by atoms with E-state index >= 15 is 0 Å². The minimum atomic E-state index is -0.781. The summed E-state index contributed by atoms with van der Waals surface area (Å²) in [7, 11) is 0. The van der Waals surface area contributed by atoms with Crippen molar-refractivity contribution in [2.75, 3.05) is 6.54 Å². The highest BCUT2D eigenvalue weighted by atomic mass is 32.1. The van der Waals surface area contributed by atoms with Gasteiger partial charge in [-0.05, 0) is 26.3 Å². The van der Waals surface area contributed by atoms with Gasteiger partial charge in [-0.1, -0.05) is 12.8 Å². The number of aryl methyl sites for hydroxylation is 1. The molecule has 0 aromatic carbocycles. The van der Waals surface area contributed by atoms with Gasteiger partial charge in [0.2, 0.25) is 0 Å². The second-order valence-electron chi connectivity index (χ2n) is 5.85. The first-order valence-electron chi connectivity index (χ1n) is 7.32. The maximum Gasteiger partial charge on any atom is 0.325 e. The van der Waals surface area contributed by atoms with E-state index in [-0.39, 0.29) is 24.4 Å². The van der Waals surface area contributed by atoms with Gasteiger partial charge in [0.15, 0.2) is 0 Å². The Labute approximate surface area is 127 Å². The number of carbonyl (C=O) groups excluding carboxylic acids is 2. The predicted molar refractivity (Wildman–Crippen MR) is 79.7 cm³/mol. The third-order valence-electron chi connectivity index (χ3n) is 4.52. The third kappa shape index (κ3) is 2.34. The summed E-state index contributed by atoms with van der Waals surface area (Å²) in [6.45, 7) is 2.58. The van der Waals surface area contributed by atoms with Gasteiger partial charge < -0.3 is 11.1 Å². The van der Waals surface area contributed by atoms with E-state index < -0.39 is 5.54 Å². The van der Waals surface area contributed by atoms with Crippen molar-refractivity contribution in [1.29, 1.82) is 0 Å². The highest BCUT2D eigenvalue weighted by Gasteiger charge is 2.55. The molecule has 1 aliphatic carbocycles. The molecule has 2 heterocycles. The number of hydrogen-bond acceptors (Lipinski definition) is 5. The van der Waals surface area contributed by atoms with Crippen molar-refractivity contribution in [1.82, 2.24) is 15.2 Å². The Balaban J connectivity index is 1.84. The number of nitrogens with two attached hydrogens (primary N) is 1. The van der Waals surface area contributed by atoms with Crippen molar-refractivity contribution in [3.05, 3.63) is 16.1 Å². The van der Waals surface area contributed by atoms with E-state index in [2.05, 4.69) is 10.3 Å². The van der Waals surface area contributed by atoms with Gasteiger partial charge in [0.05, 0.1) is 6.54 Å². The number of carbonyl (C=O) groups is 2. The fourth-order valence-corrected chi connectivity index (χ4v) is 4.17. The van der Waals surface area contributed by atoms with Gasteiger partial charge in [0.25, 0.3) is 5.91 Å². The number of thiazole rings is 1. The molecule has 21 heavy (non-hydrogen) atoms. The summed E-state index contributed by atoms with van der Waals surface area (Å²) in [4.78, 5) is 30.7. The molecule has 3 N–H and O–H groups in total. The molecule has 2 unspecified atom stereocenters. The minimum absolute atomic E-state index is 0.0331. The lowest BCUT2D eigenvalue weighted by Crippen LogP contribution is -2.56. The molecule has 0 radical (unpaired) electrons. The molecular weight excluding hydrogens is 288 g/mol. The zero-order valence-electron chi connectivity index (χ0n) is 12.1. The quantitative estimate of drug-likeness (QED) is 0.826. The van der Waals surface area contributed by atoms with Gasteiger partial charge in [-0.15, -0.1) is 11.3 Å². The van der Waals surface area contributed by atoms with Crippen molar-refractivity contribution in [3.63, 3.8) is 0 Å². The molecule has 0 bridgehead atoms. The number of imide groups is 1. The van der Waals surface area contributed by atoms with E-state index in [0.29, 0.717) is 13.0 Å². The summed E-state index contributed by atoms with van der Waals surface area (Å²) < 4.78 is 0. The third-order valence-corrected chi connectivity index (χ3v) is 5.47. The van der Waals surface area contributed by atoms with Gasteiger partial charge in [0, 0.05) is 17.0 Å². The van der Waals surface area contributed by atoms with Crippen LogP contribution in [0.15, 0.2) is 5.38 Å². The second kappa shape index (κ2) is 5.38. The van der Waals surface area contributed by atoms with Gasteiger partial charge in [-0.25, -0.2) is 9.78 Å². The van der Waals surface area contributed by atoms with Crippen LogP contribution in [0.1, 0.15) is 36.4 Å². The summed E-state index contributed by atoms with van der Waals surface area (Å²) in [6, 6.07) is -0.312. The molecular formula is C14H20N4O2S. The fourth-order valence-electron chi connectivity index (χ4n) is 3.41. The van der Waals surface area contributed by atoms with Gasteiger partial charge in [-0.2, -0.15) is 0 Å². The molecule has 1 aliphatic heterocycles. The summed E-state index contributed by atoms with van der Waals surface area (Å²) >= 11 is 1.47. The van der Waals surface area contributed by atoms with Crippen molar-refractivity contribution in [3.8, 4) is 0 Å². The molecule has 7 heteroatoms. The van der Waals surface area contributed by atoms with Gasteiger partial charge in [-0.3, -0.25) is 9.69 Å². The summed E-state index contributed by atoms with van der Waals surface area (Å²) in [5.74, 6) is -0.0961. The van der Waals surface area contributed by atoms with Crippen LogP contribution in [-0.2, 0) is 11.3 Å². The fraction of sp³-hybridized carbons (Fsp3) is 0.643. The van der Waals surface area contributed by atoms with Gasteiger partial charge >= 0.3 is 6.03 Å². The Kier molecular flexibility index (Phi) is 3.71. The Morgan fingerprint density at radius 1 is 1.52 bits per heavy atom. The first-order valence-corrected chi connectivity index (χ1v) is 8.20. The Bertz CT molecular complexity index is 573. The number of nitrogens with zero attached hydrogens (tertiary/aromatic N) is 2. The molecule has 1 aromatic rings. The molecule has 1 aromatic heterocycles. The van der Waals surface area contributed by atoms with Crippen LogP contribution in [0.2, 0.25) is 0 Å². The maximum atomic E-state index is 12.8. The number of rotatable bonds is 3. The minimum Gasteiger partial charge on any atom is -0.330 e. The molecule has 6 nitrogen and oxygen atoms in total. The van der Waals surface area contributed by atoms with E-state index in [4.69, 9.17) is 5.73 Å². The van der Waals surface area contributed by atoms with E-state index in [1.807, 2.05) is 12.3 Å². The average molecular weight is 308 g/mol. The SMILES string of the molecule is Cc1csc(CN2C(=O)NC3(CCCCC3CN)C2=O)n1. The Morgan fingerprint density at radius 2 is 2.33 bits per heavy atom. The highest BCUT2D eigenvalue weighted by molar-refractivity contribution is 7.09. The van der Waals surface area contributed by atoms with Crippen LogP contribution in [0.3, 0.4) is 0 Å². The van der Waals surface area contributed by atoms with Crippen molar-refractivity contribution in [2.45, 2.75) is 44.7 Å². The molecule has 3 rings (SSSR count). The smallest absolute Gasteiger partial charge is 0.325 e. The topological polar surface area (TPSA) is 88.3 Å². The predicted octanol–water partition coefficient (Wildman–Crippen LogP) is 1.39. The van der Waals surface area contributed by atoms with Crippen LogP contribution < -0.4 is 11.1 Å². The zero-order valence-corrected chi connectivity index (χ0v) is 12.9. The van der Waals surface area contributed by atoms with Crippen LogP contribution in [0.4, 0.5) is 4.79 Å². The summed E-state index contributed by atoms with van der Waals surface area (Å²) in [6.07, 6.45) is 3.60. The largest absolute Gasteiger partial charge is 0.330 e. The maximum absolute atomic E-state index is 12.8.